The summed E-state index contributed by atoms with van der Waals surface area (Å²) in [5, 5.41) is 4.83. The third kappa shape index (κ3) is 7.06. The van der Waals surface area contributed by atoms with Crippen LogP contribution in [-0.4, -0.2) is 37.0 Å². The number of carbonyl (C=O) groups is 3. The first-order chi connectivity index (χ1) is 13.5. The van der Waals surface area contributed by atoms with Crippen molar-refractivity contribution >= 4 is 23.5 Å². The Kier molecular flexibility index (Phi) is 7.95. The van der Waals surface area contributed by atoms with Gasteiger partial charge in [0.15, 0.2) is 12.7 Å². The first kappa shape index (κ1) is 20.9. The molecule has 0 spiro atoms. The number of halogens is 1. The maximum atomic E-state index is 12.8. The molecule has 0 aliphatic heterocycles. The summed E-state index contributed by atoms with van der Waals surface area (Å²) in [6.45, 7) is 0.914. The van der Waals surface area contributed by atoms with Gasteiger partial charge in [-0.05, 0) is 42.8 Å². The molecule has 0 unspecified atom stereocenters. The zero-order chi connectivity index (χ0) is 20.4. The van der Waals surface area contributed by atoms with Gasteiger partial charge in [-0.15, -0.1) is 0 Å². The van der Waals surface area contributed by atoms with Crippen LogP contribution < -0.4 is 15.4 Å². The van der Waals surface area contributed by atoms with Crippen LogP contribution in [0.5, 0.6) is 5.75 Å². The molecule has 0 radical (unpaired) electrons. The van der Waals surface area contributed by atoms with Crippen molar-refractivity contribution in [2.45, 2.75) is 19.4 Å². The number of para-hydroxylation sites is 1. The van der Waals surface area contributed by atoms with Gasteiger partial charge in [-0.1, -0.05) is 25.1 Å². The number of esters is 1. The fraction of sp³-hybridized carbons (Fsp3) is 0.250. The first-order valence-corrected chi connectivity index (χ1v) is 8.68. The number of carbonyl (C=O) groups excluding carboxylic acids is 3. The van der Waals surface area contributed by atoms with Crippen LogP contribution in [0.1, 0.15) is 13.3 Å². The van der Waals surface area contributed by atoms with Crippen molar-refractivity contribution in [1.29, 1.82) is 0 Å². The lowest BCUT2D eigenvalue weighted by Gasteiger charge is -2.16. The van der Waals surface area contributed by atoms with Crippen LogP contribution in [0.3, 0.4) is 0 Å². The number of hydrogen-bond donors (Lipinski definition) is 2. The number of ether oxygens (including phenoxy) is 2. The van der Waals surface area contributed by atoms with Crippen molar-refractivity contribution < 1.29 is 28.2 Å². The molecular weight excluding hydrogens is 367 g/mol. The lowest BCUT2D eigenvalue weighted by atomic mass is 10.2. The highest BCUT2D eigenvalue weighted by atomic mass is 19.1. The van der Waals surface area contributed by atoms with Crippen molar-refractivity contribution in [2.75, 3.05) is 18.5 Å². The van der Waals surface area contributed by atoms with Crippen LogP contribution >= 0.6 is 0 Å². The van der Waals surface area contributed by atoms with E-state index in [2.05, 4.69) is 10.6 Å². The standard InChI is InChI=1S/C20H21FN2O5/c1-2-17(28-16-6-4-3-5-7-16)20(26)27-13-19(25)22-12-18(24)23-15-10-8-14(21)9-11-15/h3-11,17H,2,12-13H2,1H3,(H,22,25)(H,23,24)/t17-/m0/s1. The van der Waals surface area contributed by atoms with Crippen molar-refractivity contribution in [1.82, 2.24) is 5.32 Å². The molecule has 0 fully saturated rings. The summed E-state index contributed by atoms with van der Waals surface area (Å²) in [5.41, 5.74) is 0.399. The van der Waals surface area contributed by atoms with Crippen LogP contribution in [0.2, 0.25) is 0 Å². The number of anilines is 1. The summed E-state index contributed by atoms with van der Waals surface area (Å²) >= 11 is 0. The number of hydrogen-bond acceptors (Lipinski definition) is 5. The van der Waals surface area contributed by atoms with Gasteiger partial charge in [-0.25, -0.2) is 9.18 Å². The molecule has 0 saturated heterocycles. The largest absolute Gasteiger partial charge is 0.479 e. The minimum absolute atomic E-state index is 0.314. The summed E-state index contributed by atoms with van der Waals surface area (Å²) in [6.07, 6.45) is -0.466. The second kappa shape index (κ2) is 10.7. The third-order valence-corrected chi connectivity index (χ3v) is 3.57. The molecule has 1 atom stereocenters. The van der Waals surface area contributed by atoms with Crippen LogP contribution in [0, 0.1) is 5.82 Å². The van der Waals surface area contributed by atoms with Crippen molar-refractivity contribution in [3.8, 4) is 5.75 Å². The fourth-order valence-corrected chi connectivity index (χ4v) is 2.16. The van der Waals surface area contributed by atoms with Gasteiger partial charge in [0, 0.05) is 5.69 Å². The molecule has 2 rings (SSSR count). The van der Waals surface area contributed by atoms with Gasteiger partial charge >= 0.3 is 5.97 Å². The molecule has 28 heavy (non-hydrogen) atoms. The van der Waals surface area contributed by atoms with Gasteiger partial charge in [0.2, 0.25) is 5.91 Å². The number of amides is 2. The van der Waals surface area contributed by atoms with Crippen LogP contribution in [0.25, 0.3) is 0 Å². The van der Waals surface area contributed by atoms with Crippen molar-refractivity contribution in [3.63, 3.8) is 0 Å². The SMILES string of the molecule is CC[C@H](Oc1ccccc1)C(=O)OCC(=O)NCC(=O)Nc1ccc(F)cc1. The molecule has 8 heteroatoms. The molecule has 0 saturated carbocycles. The molecule has 0 aromatic heterocycles. The maximum Gasteiger partial charge on any atom is 0.347 e. The minimum Gasteiger partial charge on any atom is -0.479 e. The first-order valence-electron chi connectivity index (χ1n) is 8.68. The average molecular weight is 388 g/mol. The number of rotatable bonds is 9. The van der Waals surface area contributed by atoms with Crippen molar-refractivity contribution in [2.24, 2.45) is 0 Å². The van der Waals surface area contributed by atoms with Crippen LogP contribution in [0.4, 0.5) is 10.1 Å². The second-order valence-electron chi connectivity index (χ2n) is 5.77. The highest BCUT2D eigenvalue weighted by Crippen LogP contribution is 2.13. The Morgan fingerprint density at radius 3 is 2.32 bits per heavy atom. The Morgan fingerprint density at radius 2 is 1.68 bits per heavy atom. The Morgan fingerprint density at radius 1 is 1.00 bits per heavy atom. The molecule has 2 amide bonds. The smallest absolute Gasteiger partial charge is 0.347 e. The summed E-state index contributed by atoms with van der Waals surface area (Å²) in [4.78, 5) is 35.6. The minimum atomic E-state index is -0.836. The van der Waals surface area contributed by atoms with E-state index in [4.69, 9.17) is 9.47 Å². The third-order valence-electron chi connectivity index (χ3n) is 3.57. The van der Waals surface area contributed by atoms with Gasteiger partial charge in [0.05, 0.1) is 6.54 Å². The van der Waals surface area contributed by atoms with E-state index in [0.29, 0.717) is 17.9 Å². The van der Waals surface area contributed by atoms with Gasteiger partial charge in [0.1, 0.15) is 11.6 Å². The van der Waals surface area contributed by atoms with E-state index in [-0.39, 0.29) is 6.54 Å². The summed E-state index contributed by atoms with van der Waals surface area (Å²) < 4.78 is 23.3. The lowest BCUT2D eigenvalue weighted by molar-refractivity contribution is -0.155. The molecule has 2 N–H and O–H groups in total. The van der Waals surface area contributed by atoms with Crippen molar-refractivity contribution in [3.05, 3.63) is 60.4 Å². The molecule has 0 heterocycles. The molecule has 0 aliphatic carbocycles. The zero-order valence-corrected chi connectivity index (χ0v) is 15.3. The van der Waals surface area contributed by atoms with E-state index in [9.17, 15) is 18.8 Å². The van der Waals surface area contributed by atoms with E-state index in [0.717, 1.165) is 0 Å². The van der Waals surface area contributed by atoms with Gasteiger partial charge in [0.25, 0.3) is 5.91 Å². The maximum absolute atomic E-state index is 12.8. The van der Waals surface area contributed by atoms with Crippen LogP contribution in [0.15, 0.2) is 54.6 Å². The monoisotopic (exact) mass is 388 g/mol. The fourth-order valence-electron chi connectivity index (χ4n) is 2.16. The number of benzene rings is 2. The molecule has 148 valence electrons. The number of nitrogens with one attached hydrogen (secondary N) is 2. The quantitative estimate of drug-likeness (QED) is 0.643. The molecule has 0 aliphatic rings. The molecule has 7 nitrogen and oxygen atoms in total. The Bertz CT molecular complexity index is 796. The Labute approximate surface area is 161 Å². The predicted molar refractivity (Wildman–Crippen MR) is 100 cm³/mol. The Balaban J connectivity index is 1.71. The zero-order valence-electron chi connectivity index (χ0n) is 15.3. The van der Waals surface area contributed by atoms with Gasteiger partial charge < -0.3 is 20.1 Å². The van der Waals surface area contributed by atoms with E-state index in [1.807, 2.05) is 6.07 Å². The van der Waals surface area contributed by atoms with Gasteiger partial charge in [-0.3, -0.25) is 9.59 Å². The average Bonchev–Trinajstić information content (AvgIpc) is 2.71. The topological polar surface area (TPSA) is 93.7 Å². The Hall–Kier alpha value is -3.42. The summed E-state index contributed by atoms with van der Waals surface area (Å²) in [6, 6.07) is 14.0. The summed E-state index contributed by atoms with van der Waals surface area (Å²) in [7, 11) is 0. The molecule has 2 aromatic carbocycles. The van der Waals surface area contributed by atoms with E-state index < -0.39 is 36.3 Å². The highest BCUT2D eigenvalue weighted by Gasteiger charge is 2.21. The predicted octanol–water partition coefficient (Wildman–Crippen LogP) is 2.28. The highest BCUT2D eigenvalue weighted by molar-refractivity contribution is 5.94. The van der Waals surface area contributed by atoms with Gasteiger partial charge in [-0.2, -0.15) is 0 Å². The second-order valence-corrected chi connectivity index (χ2v) is 5.77. The van der Waals surface area contributed by atoms with E-state index in [1.54, 1.807) is 31.2 Å². The molecule has 0 bridgehead atoms. The molecular formula is C20H21FN2O5. The lowest BCUT2D eigenvalue weighted by Crippen LogP contribution is -2.37. The van der Waals surface area contributed by atoms with Crippen LogP contribution in [-0.2, 0) is 19.1 Å². The normalized spacial score (nSPS) is 11.2. The summed E-state index contributed by atoms with van der Waals surface area (Å²) in [5.74, 6) is -1.69. The molecule has 2 aromatic rings. The van der Waals surface area contributed by atoms with E-state index in [1.165, 1.54) is 24.3 Å². The van der Waals surface area contributed by atoms with E-state index >= 15 is 0 Å².